The number of carbonyl (C=O) groups excluding carboxylic acids is 1. The Kier molecular flexibility index (Phi) is 4.31. The van der Waals surface area contributed by atoms with Gasteiger partial charge in [-0.05, 0) is 25.5 Å². The Bertz CT molecular complexity index is 416. The molecule has 1 heterocycles. The van der Waals surface area contributed by atoms with E-state index in [1.165, 1.54) is 6.07 Å². The van der Waals surface area contributed by atoms with Gasteiger partial charge in [-0.3, -0.25) is 4.79 Å². The van der Waals surface area contributed by atoms with Crippen molar-refractivity contribution in [1.82, 2.24) is 10.2 Å². The first-order valence-corrected chi connectivity index (χ1v) is 6.37. The lowest BCUT2D eigenvalue weighted by Gasteiger charge is -2.19. The minimum absolute atomic E-state index is 0.0673. The van der Waals surface area contributed by atoms with Gasteiger partial charge in [-0.15, -0.1) is 0 Å². The summed E-state index contributed by atoms with van der Waals surface area (Å²) < 4.78 is 13.5. The Balaban J connectivity index is 1.89. The Morgan fingerprint density at radius 2 is 2.28 bits per heavy atom. The summed E-state index contributed by atoms with van der Waals surface area (Å²) in [5.41, 5.74) is 0.563. The van der Waals surface area contributed by atoms with Crippen LogP contribution in [0.2, 0.25) is 0 Å². The lowest BCUT2D eigenvalue weighted by Crippen LogP contribution is -2.33. The molecule has 0 radical (unpaired) electrons. The minimum Gasteiger partial charge on any atom is -0.341 e. The van der Waals surface area contributed by atoms with Crippen LogP contribution in [0.4, 0.5) is 4.39 Å². The number of rotatable bonds is 4. The maximum absolute atomic E-state index is 13.5. The van der Waals surface area contributed by atoms with E-state index in [1.807, 2.05) is 0 Å². The van der Waals surface area contributed by atoms with Gasteiger partial charge in [0, 0.05) is 31.6 Å². The lowest BCUT2D eigenvalue weighted by atomic mass is 10.1. The SMILES string of the molecule is CN(Cc1ccccc1F)C(=O)CC1CCCN1. The van der Waals surface area contributed by atoms with Gasteiger partial charge in [-0.1, -0.05) is 18.2 Å². The summed E-state index contributed by atoms with van der Waals surface area (Å²) in [5.74, 6) is -0.186. The topological polar surface area (TPSA) is 32.3 Å². The standard InChI is InChI=1S/C14H19FN2O/c1-17(10-11-5-2-3-7-13(11)15)14(18)9-12-6-4-8-16-12/h2-3,5,7,12,16H,4,6,8-10H2,1H3. The number of hydrogen-bond donors (Lipinski definition) is 1. The van der Waals surface area contributed by atoms with E-state index >= 15 is 0 Å². The molecule has 2 rings (SSSR count). The highest BCUT2D eigenvalue weighted by atomic mass is 19.1. The summed E-state index contributed by atoms with van der Waals surface area (Å²) in [7, 11) is 1.73. The largest absolute Gasteiger partial charge is 0.341 e. The maximum Gasteiger partial charge on any atom is 0.224 e. The first kappa shape index (κ1) is 13.0. The first-order valence-electron chi connectivity index (χ1n) is 6.37. The molecule has 0 bridgehead atoms. The summed E-state index contributed by atoms with van der Waals surface area (Å²) in [6.07, 6.45) is 2.69. The zero-order valence-corrected chi connectivity index (χ0v) is 10.7. The third-order valence-electron chi connectivity index (χ3n) is 3.37. The summed E-state index contributed by atoms with van der Waals surface area (Å²) in [4.78, 5) is 13.6. The summed E-state index contributed by atoms with van der Waals surface area (Å²) in [5, 5.41) is 3.30. The monoisotopic (exact) mass is 250 g/mol. The number of carbonyl (C=O) groups is 1. The lowest BCUT2D eigenvalue weighted by molar-refractivity contribution is -0.130. The molecule has 1 unspecified atom stereocenters. The van der Waals surface area contributed by atoms with Crippen LogP contribution >= 0.6 is 0 Å². The molecule has 1 saturated heterocycles. The van der Waals surface area contributed by atoms with Crippen molar-refractivity contribution >= 4 is 5.91 Å². The third kappa shape index (κ3) is 3.29. The molecule has 0 saturated carbocycles. The van der Waals surface area contributed by atoms with Crippen molar-refractivity contribution in [2.75, 3.05) is 13.6 Å². The van der Waals surface area contributed by atoms with Crippen molar-refractivity contribution in [2.24, 2.45) is 0 Å². The normalized spacial score (nSPS) is 18.9. The Labute approximate surface area is 107 Å². The molecule has 18 heavy (non-hydrogen) atoms. The first-order chi connectivity index (χ1) is 8.66. The molecule has 1 aliphatic heterocycles. The molecule has 1 aromatic carbocycles. The van der Waals surface area contributed by atoms with Gasteiger partial charge in [-0.25, -0.2) is 4.39 Å². The van der Waals surface area contributed by atoms with Crippen molar-refractivity contribution in [3.05, 3.63) is 35.6 Å². The van der Waals surface area contributed by atoms with E-state index in [1.54, 1.807) is 30.1 Å². The van der Waals surface area contributed by atoms with Crippen molar-refractivity contribution in [2.45, 2.75) is 31.8 Å². The molecule has 0 aliphatic carbocycles. The summed E-state index contributed by atoms with van der Waals surface area (Å²) in [6.45, 7) is 1.33. The minimum atomic E-state index is -0.254. The molecule has 98 valence electrons. The second kappa shape index (κ2) is 5.96. The number of nitrogens with zero attached hydrogens (tertiary/aromatic N) is 1. The van der Waals surface area contributed by atoms with Gasteiger partial charge in [0.2, 0.25) is 5.91 Å². The quantitative estimate of drug-likeness (QED) is 0.885. The van der Waals surface area contributed by atoms with E-state index in [0.717, 1.165) is 19.4 Å². The van der Waals surface area contributed by atoms with E-state index in [2.05, 4.69) is 5.32 Å². The number of halogens is 1. The second-order valence-electron chi connectivity index (χ2n) is 4.84. The zero-order valence-electron chi connectivity index (χ0n) is 10.7. The molecular weight excluding hydrogens is 231 g/mol. The highest BCUT2D eigenvalue weighted by Gasteiger charge is 2.20. The third-order valence-corrected chi connectivity index (χ3v) is 3.37. The van der Waals surface area contributed by atoms with Crippen molar-refractivity contribution in [1.29, 1.82) is 0 Å². The van der Waals surface area contributed by atoms with E-state index < -0.39 is 0 Å². The molecular formula is C14H19FN2O. The van der Waals surface area contributed by atoms with Gasteiger partial charge in [0.1, 0.15) is 5.82 Å². The van der Waals surface area contributed by atoms with Crippen molar-refractivity contribution in [3.63, 3.8) is 0 Å². The number of nitrogens with one attached hydrogen (secondary N) is 1. The van der Waals surface area contributed by atoms with E-state index in [9.17, 15) is 9.18 Å². The fraction of sp³-hybridized carbons (Fsp3) is 0.500. The van der Waals surface area contributed by atoms with Crippen LogP contribution in [0, 0.1) is 5.82 Å². The highest BCUT2D eigenvalue weighted by Crippen LogP contribution is 2.13. The molecule has 1 N–H and O–H groups in total. The molecule has 1 amide bonds. The fourth-order valence-electron chi connectivity index (χ4n) is 2.27. The van der Waals surface area contributed by atoms with Crippen LogP contribution in [-0.2, 0) is 11.3 Å². The smallest absolute Gasteiger partial charge is 0.224 e. The van der Waals surface area contributed by atoms with Crippen LogP contribution in [-0.4, -0.2) is 30.4 Å². The predicted octanol–water partition coefficient (Wildman–Crippen LogP) is 1.93. The number of hydrogen-bond acceptors (Lipinski definition) is 2. The summed E-state index contributed by atoms with van der Waals surface area (Å²) >= 11 is 0. The number of benzene rings is 1. The zero-order chi connectivity index (χ0) is 13.0. The van der Waals surface area contributed by atoms with E-state index in [4.69, 9.17) is 0 Å². The van der Waals surface area contributed by atoms with Gasteiger partial charge in [0.25, 0.3) is 0 Å². The van der Waals surface area contributed by atoms with Crippen LogP contribution < -0.4 is 5.32 Å². The molecule has 1 fully saturated rings. The fourth-order valence-corrected chi connectivity index (χ4v) is 2.27. The van der Waals surface area contributed by atoms with E-state index in [0.29, 0.717) is 24.6 Å². The molecule has 0 aromatic heterocycles. The van der Waals surface area contributed by atoms with Gasteiger partial charge >= 0.3 is 0 Å². The number of amides is 1. The Hall–Kier alpha value is -1.42. The summed E-state index contributed by atoms with van der Waals surface area (Å²) in [6, 6.07) is 6.87. The molecule has 1 atom stereocenters. The van der Waals surface area contributed by atoms with Crippen molar-refractivity contribution < 1.29 is 9.18 Å². The van der Waals surface area contributed by atoms with Crippen molar-refractivity contribution in [3.8, 4) is 0 Å². The Morgan fingerprint density at radius 1 is 1.50 bits per heavy atom. The van der Waals surface area contributed by atoms with Gasteiger partial charge in [0.15, 0.2) is 0 Å². The van der Waals surface area contributed by atoms with E-state index in [-0.39, 0.29) is 11.7 Å². The maximum atomic E-state index is 13.5. The molecule has 4 heteroatoms. The van der Waals surface area contributed by atoms with Crippen LogP contribution in [0.3, 0.4) is 0 Å². The molecule has 3 nitrogen and oxygen atoms in total. The highest BCUT2D eigenvalue weighted by molar-refractivity contribution is 5.76. The van der Waals surface area contributed by atoms with Gasteiger partial charge in [-0.2, -0.15) is 0 Å². The molecule has 0 spiro atoms. The van der Waals surface area contributed by atoms with Crippen LogP contribution in [0.1, 0.15) is 24.8 Å². The molecule has 1 aromatic rings. The van der Waals surface area contributed by atoms with Crippen LogP contribution in [0.15, 0.2) is 24.3 Å². The second-order valence-corrected chi connectivity index (χ2v) is 4.84. The molecule has 1 aliphatic rings. The van der Waals surface area contributed by atoms with Crippen LogP contribution in [0.5, 0.6) is 0 Å². The average molecular weight is 250 g/mol. The van der Waals surface area contributed by atoms with Crippen LogP contribution in [0.25, 0.3) is 0 Å². The van der Waals surface area contributed by atoms with Gasteiger partial charge in [0.05, 0.1) is 0 Å². The predicted molar refractivity (Wildman–Crippen MR) is 68.5 cm³/mol. The van der Waals surface area contributed by atoms with Gasteiger partial charge < -0.3 is 10.2 Å². The Morgan fingerprint density at radius 3 is 2.94 bits per heavy atom. The average Bonchev–Trinajstić information content (AvgIpc) is 2.84.